The average Bonchev–Trinajstić information content (AvgIpc) is 3.42. The normalized spacial score (nSPS) is 16.5. The summed E-state index contributed by atoms with van der Waals surface area (Å²) in [7, 11) is -1.79. The van der Waals surface area contributed by atoms with Crippen molar-refractivity contribution in [2.24, 2.45) is 0 Å². The Bertz CT molecular complexity index is 1650. The first-order valence-corrected chi connectivity index (χ1v) is 15.0. The fourth-order valence-electron chi connectivity index (χ4n) is 5.36. The number of piperazine rings is 1. The predicted molar refractivity (Wildman–Crippen MR) is 158 cm³/mol. The van der Waals surface area contributed by atoms with Crippen LogP contribution in [0.4, 0.5) is 11.4 Å². The quantitative estimate of drug-likeness (QED) is 0.278. The Labute approximate surface area is 239 Å². The molecule has 3 heterocycles. The first-order chi connectivity index (χ1) is 19.5. The molecule has 1 fully saturated rings. The second-order valence-corrected chi connectivity index (χ2v) is 12.1. The van der Waals surface area contributed by atoms with Gasteiger partial charge in [-0.15, -0.1) is 0 Å². The van der Waals surface area contributed by atoms with E-state index >= 15 is 0 Å². The van der Waals surface area contributed by atoms with E-state index in [9.17, 15) is 22.8 Å². The molecule has 0 atom stereocenters. The van der Waals surface area contributed by atoms with Crippen molar-refractivity contribution in [1.29, 1.82) is 0 Å². The molecule has 0 unspecified atom stereocenters. The van der Waals surface area contributed by atoms with Crippen molar-refractivity contribution >= 4 is 50.6 Å². The number of likely N-dealkylation sites (N-methyl/N-ethyl adjacent to an activating group) is 1. The minimum Gasteiger partial charge on any atom is -0.358 e. The Morgan fingerprint density at radius 3 is 2.44 bits per heavy atom. The van der Waals surface area contributed by atoms with Crippen LogP contribution in [0.15, 0.2) is 53.4 Å². The van der Waals surface area contributed by atoms with Crippen LogP contribution in [-0.4, -0.2) is 74.0 Å². The molecule has 1 saturated heterocycles. The Kier molecular flexibility index (Phi) is 7.83. The molecule has 10 nitrogen and oxygen atoms in total. The summed E-state index contributed by atoms with van der Waals surface area (Å²) in [4.78, 5) is 46.0. The lowest BCUT2D eigenvalue weighted by Gasteiger charge is -2.32. The Morgan fingerprint density at radius 1 is 1.05 bits per heavy atom. The zero-order valence-corrected chi connectivity index (χ0v) is 24.1. The molecule has 5 rings (SSSR count). The molecular formula is C30H33N5O5S. The van der Waals surface area contributed by atoms with Gasteiger partial charge in [-0.2, -0.15) is 0 Å². The van der Waals surface area contributed by atoms with Crippen molar-refractivity contribution in [1.82, 2.24) is 14.8 Å². The van der Waals surface area contributed by atoms with Gasteiger partial charge in [0.25, 0.3) is 15.9 Å². The number of anilines is 2. The van der Waals surface area contributed by atoms with Crippen LogP contribution in [0, 0.1) is 6.92 Å². The number of Topliss-reactive ketones (excluding diaryl/α,β-unsaturated/α-hetero) is 1. The van der Waals surface area contributed by atoms with Gasteiger partial charge in [0.1, 0.15) is 0 Å². The number of rotatable bonds is 8. The van der Waals surface area contributed by atoms with Gasteiger partial charge in [0.2, 0.25) is 5.91 Å². The van der Waals surface area contributed by atoms with Crippen LogP contribution in [-0.2, 0) is 26.0 Å². The summed E-state index contributed by atoms with van der Waals surface area (Å²) in [6, 6.07) is 12.9. The Hall–Kier alpha value is -4.22. The van der Waals surface area contributed by atoms with Crippen LogP contribution in [0.1, 0.15) is 46.2 Å². The van der Waals surface area contributed by atoms with Crippen LogP contribution >= 0.6 is 0 Å². The third-order valence-electron chi connectivity index (χ3n) is 7.52. The van der Waals surface area contributed by atoms with E-state index in [1.54, 1.807) is 49.4 Å². The van der Waals surface area contributed by atoms with Crippen molar-refractivity contribution < 1.29 is 22.8 Å². The minimum atomic E-state index is -3.82. The van der Waals surface area contributed by atoms with Crippen molar-refractivity contribution in [2.75, 3.05) is 43.3 Å². The lowest BCUT2D eigenvalue weighted by atomic mass is 9.98. The fourth-order valence-corrected chi connectivity index (χ4v) is 6.43. The monoisotopic (exact) mass is 575 g/mol. The number of H-pyrrole nitrogens is 1. The van der Waals surface area contributed by atoms with Gasteiger partial charge in [0, 0.05) is 66.5 Å². The first kappa shape index (κ1) is 28.3. The molecular weight excluding hydrogens is 542 g/mol. The third kappa shape index (κ3) is 5.96. The first-order valence-electron chi connectivity index (χ1n) is 13.5. The number of nitrogens with zero attached hydrogens (tertiary/aromatic N) is 2. The smallest absolute Gasteiger partial charge is 0.261 e. The van der Waals surface area contributed by atoms with Crippen LogP contribution < -0.4 is 10.0 Å². The van der Waals surface area contributed by atoms with E-state index in [0.29, 0.717) is 64.5 Å². The topological polar surface area (TPSA) is 132 Å². The lowest BCUT2D eigenvalue weighted by molar-refractivity contribution is -0.132. The van der Waals surface area contributed by atoms with Gasteiger partial charge in [-0.25, -0.2) is 8.42 Å². The number of aryl methyl sites for hydroxylation is 1. The summed E-state index contributed by atoms with van der Waals surface area (Å²) >= 11 is 0. The van der Waals surface area contributed by atoms with E-state index in [1.165, 1.54) is 19.1 Å². The zero-order valence-electron chi connectivity index (χ0n) is 23.3. The molecule has 0 bridgehead atoms. The number of sulfonamides is 1. The molecule has 3 N–H and O–H groups in total. The van der Waals surface area contributed by atoms with Gasteiger partial charge in [0.05, 0.1) is 10.5 Å². The standard InChI is InChI=1S/C30H33N5O5S/c1-19-29(20(2)36)23(10-12-28(37)35-15-13-34(3)14-16-35)27(31-19)18-25-24-17-21(9-11-26(24)32-30(25)38)33-41(39,40)22-7-5-4-6-8-22/h4-9,11,17-18,31,33H,10,12-16H2,1-3H3,(H,32,38)/b25-18-. The van der Waals surface area contributed by atoms with E-state index < -0.39 is 10.0 Å². The molecule has 2 amide bonds. The number of benzene rings is 2. The highest BCUT2D eigenvalue weighted by molar-refractivity contribution is 7.92. The summed E-state index contributed by atoms with van der Waals surface area (Å²) in [6.07, 6.45) is 2.26. The number of nitrogens with one attached hydrogen (secondary N) is 3. The number of fused-ring (bicyclic) bond motifs is 1. The number of carbonyl (C=O) groups is 3. The van der Waals surface area contributed by atoms with Gasteiger partial charge in [0.15, 0.2) is 5.78 Å². The summed E-state index contributed by atoms with van der Waals surface area (Å²) in [5.41, 5.74) is 4.15. The predicted octanol–water partition coefficient (Wildman–Crippen LogP) is 3.53. The molecule has 3 aromatic rings. The second kappa shape index (κ2) is 11.3. The minimum absolute atomic E-state index is 0.0318. The van der Waals surface area contributed by atoms with Crippen molar-refractivity contribution in [2.45, 2.75) is 31.6 Å². The number of aromatic amines is 1. The maximum atomic E-state index is 13.0. The van der Waals surface area contributed by atoms with Crippen molar-refractivity contribution in [3.05, 3.63) is 76.6 Å². The molecule has 2 aliphatic rings. The highest BCUT2D eigenvalue weighted by atomic mass is 32.2. The zero-order chi connectivity index (χ0) is 29.3. The molecule has 214 valence electrons. The van der Waals surface area contributed by atoms with Gasteiger partial charge in [-0.05, 0) is 69.3 Å². The number of carbonyl (C=O) groups excluding carboxylic acids is 3. The van der Waals surface area contributed by atoms with E-state index in [2.05, 4.69) is 19.9 Å². The van der Waals surface area contributed by atoms with Crippen LogP contribution in [0.5, 0.6) is 0 Å². The summed E-state index contributed by atoms with van der Waals surface area (Å²) in [5, 5.41) is 2.82. The summed E-state index contributed by atoms with van der Waals surface area (Å²) < 4.78 is 28.3. The molecule has 0 radical (unpaired) electrons. The number of ketones is 1. The van der Waals surface area contributed by atoms with E-state index in [1.807, 2.05) is 11.9 Å². The molecule has 2 aromatic carbocycles. The molecule has 2 aliphatic heterocycles. The van der Waals surface area contributed by atoms with Crippen LogP contribution in [0.2, 0.25) is 0 Å². The number of hydrogen-bond acceptors (Lipinski definition) is 6. The number of aromatic nitrogens is 1. The van der Waals surface area contributed by atoms with Gasteiger partial charge in [-0.3, -0.25) is 19.1 Å². The number of amides is 2. The van der Waals surface area contributed by atoms with Crippen LogP contribution in [0.25, 0.3) is 11.6 Å². The van der Waals surface area contributed by atoms with Crippen molar-refractivity contribution in [3.63, 3.8) is 0 Å². The fraction of sp³-hybridized carbons (Fsp3) is 0.300. The molecule has 11 heteroatoms. The summed E-state index contributed by atoms with van der Waals surface area (Å²) in [5.74, 6) is -0.442. The highest BCUT2D eigenvalue weighted by Crippen LogP contribution is 2.36. The Morgan fingerprint density at radius 2 is 1.76 bits per heavy atom. The highest BCUT2D eigenvalue weighted by Gasteiger charge is 2.28. The molecule has 0 spiro atoms. The molecule has 41 heavy (non-hydrogen) atoms. The van der Waals surface area contributed by atoms with E-state index in [4.69, 9.17) is 0 Å². The largest absolute Gasteiger partial charge is 0.358 e. The maximum Gasteiger partial charge on any atom is 0.261 e. The van der Waals surface area contributed by atoms with Gasteiger partial charge < -0.3 is 20.1 Å². The van der Waals surface area contributed by atoms with E-state index in [-0.39, 0.29) is 28.9 Å². The molecule has 1 aromatic heterocycles. The summed E-state index contributed by atoms with van der Waals surface area (Å²) in [6.45, 7) is 6.27. The molecule has 0 saturated carbocycles. The Balaban J connectivity index is 1.45. The van der Waals surface area contributed by atoms with Crippen LogP contribution in [0.3, 0.4) is 0 Å². The second-order valence-electron chi connectivity index (χ2n) is 10.4. The SMILES string of the molecule is CC(=O)c1c(C)[nH]c(/C=C2\C(=O)Nc3ccc(NS(=O)(=O)c4ccccc4)cc32)c1CCC(=O)N1CCN(C)CC1. The van der Waals surface area contributed by atoms with E-state index in [0.717, 1.165) is 13.1 Å². The lowest BCUT2D eigenvalue weighted by Crippen LogP contribution is -2.47. The number of hydrogen-bond donors (Lipinski definition) is 3. The molecule has 0 aliphatic carbocycles. The third-order valence-corrected chi connectivity index (χ3v) is 8.92. The van der Waals surface area contributed by atoms with Gasteiger partial charge in [-0.1, -0.05) is 18.2 Å². The maximum absolute atomic E-state index is 13.0. The van der Waals surface area contributed by atoms with Crippen molar-refractivity contribution in [3.8, 4) is 0 Å². The average molecular weight is 576 g/mol. The van der Waals surface area contributed by atoms with Gasteiger partial charge >= 0.3 is 0 Å².